The Bertz CT molecular complexity index is 1170. The number of non-ortho nitro benzene ring substituents is 1. The number of benzene rings is 2. The largest absolute Gasteiger partial charge is 0.478 e. The molecule has 0 aliphatic heterocycles. The second-order valence-corrected chi connectivity index (χ2v) is 7.50. The summed E-state index contributed by atoms with van der Waals surface area (Å²) in [4.78, 5) is 37.7. The summed E-state index contributed by atoms with van der Waals surface area (Å²) in [5.74, 6) is -1.33. The molecule has 1 heterocycles. The van der Waals surface area contributed by atoms with Gasteiger partial charge >= 0.3 is 11.9 Å². The summed E-state index contributed by atoms with van der Waals surface area (Å²) in [6.07, 6.45) is 4.38. The van der Waals surface area contributed by atoms with Crippen LogP contribution >= 0.6 is 0 Å². The van der Waals surface area contributed by atoms with E-state index in [1.54, 1.807) is 30.5 Å². The van der Waals surface area contributed by atoms with Crippen molar-refractivity contribution in [3.63, 3.8) is 0 Å². The molecule has 0 aliphatic rings. The van der Waals surface area contributed by atoms with Crippen molar-refractivity contribution in [1.29, 1.82) is 0 Å². The van der Waals surface area contributed by atoms with Crippen LogP contribution < -0.4 is 5.32 Å². The number of aromatic nitrogens is 2. The van der Waals surface area contributed by atoms with Crippen molar-refractivity contribution in [2.75, 3.05) is 5.32 Å². The highest BCUT2D eigenvalue weighted by molar-refractivity contribution is 5.94. The molecule has 0 aliphatic carbocycles. The van der Waals surface area contributed by atoms with E-state index < -0.39 is 16.9 Å². The highest BCUT2D eigenvalue weighted by Gasteiger charge is 2.17. The Balaban J connectivity index is 1.88. The lowest BCUT2D eigenvalue weighted by Crippen LogP contribution is -2.13. The first-order valence-electron chi connectivity index (χ1n) is 10.4. The lowest BCUT2D eigenvalue weighted by molar-refractivity contribution is -0.384. The number of imidazole rings is 1. The van der Waals surface area contributed by atoms with Gasteiger partial charge in [-0.2, -0.15) is 0 Å². The average Bonchev–Trinajstić information content (AvgIpc) is 3.17. The van der Waals surface area contributed by atoms with Crippen molar-refractivity contribution in [3.05, 3.63) is 87.0 Å². The van der Waals surface area contributed by atoms with Crippen molar-refractivity contribution in [2.45, 2.75) is 39.3 Å². The van der Waals surface area contributed by atoms with Crippen molar-refractivity contribution < 1.29 is 24.7 Å². The number of hydrogen-bond donors (Lipinski definition) is 3. The lowest BCUT2D eigenvalue weighted by Gasteiger charge is -2.14. The van der Waals surface area contributed by atoms with E-state index in [4.69, 9.17) is 5.11 Å². The van der Waals surface area contributed by atoms with Crippen molar-refractivity contribution in [2.24, 2.45) is 0 Å². The Hall–Kier alpha value is -4.21. The number of carbonyl (C=O) groups is 2. The second-order valence-electron chi connectivity index (χ2n) is 7.50. The molecule has 0 bridgehead atoms. The zero-order chi connectivity index (χ0) is 24.0. The van der Waals surface area contributed by atoms with E-state index in [-0.39, 0.29) is 29.0 Å². The molecule has 0 saturated carbocycles. The maximum atomic E-state index is 11.6. The Morgan fingerprint density at radius 1 is 1.12 bits per heavy atom. The number of carboxylic acids is 2. The normalized spacial score (nSPS) is 10.7. The minimum atomic E-state index is -1.19. The number of nitrogens with one attached hydrogen (secondary N) is 1. The van der Waals surface area contributed by atoms with Gasteiger partial charge in [-0.05, 0) is 30.2 Å². The maximum absolute atomic E-state index is 11.6. The molecule has 10 heteroatoms. The summed E-state index contributed by atoms with van der Waals surface area (Å²) >= 11 is 0. The molecule has 0 amide bonds. The molecular formula is C23H24N4O6. The Morgan fingerprint density at radius 2 is 1.85 bits per heavy atom. The van der Waals surface area contributed by atoms with Gasteiger partial charge in [-0.3, -0.25) is 10.1 Å². The number of hydrogen-bond acceptors (Lipinski definition) is 6. The van der Waals surface area contributed by atoms with Gasteiger partial charge in [-0.1, -0.05) is 25.5 Å². The fraction of sp³-hybridized carbons (Fsp3) is 0.261. The predicted octanol–water partition coefficient (Wildman–Crippen LogP) is 4.19. The standard InChI is InChI=1S/C23H24N4O6/c1-2-3-4-21-25-13-18(26(21)14-15-5-7-16(8-6-15)22(28)29)12-24-20-11-17(27(32)33)9-10-19(20)23(30)31/h5-11,13,24H,2-4,12,14H2,1H3,(H,28,29)(H,30,31). The highest BCUT2D eigenvalue weighted by Crippen LogP contribution is 2.24. The number of nitro benzene ring substituents is 1. The fourth-order valence-corrected chi connectivity index (χ4v) is 3.42. The van der Waals surface area contributed by atoms with Gasteiger partial charge < -0.3 is 20.1 Å². The van der Waals surface area contributed by atoms with Crippen LogP contribution in [0.2, 0.25) is 0 Å². The van der Waals surface area contributed by atoms with Gasteiger partial charge in [-0.15, -0.1) is 0 Å². The molecule has 1 aromatic heterocycles. The number of nitrogens with zero attached hydrogens (tertiary/aromatic N) is 3. The number of rotatable bonds is 11. The molecule has 3 N–H and O–H groups in total. The fourth-order valence-electron chi connectivity index (χ4n) is 3.42. The van der Waals surface area contributed by atoms with E-state index in [0.717, 1.165) is 42.4 Å². The smallest absolute Gasteiger partial charge is 0.337 e. The van der Waals surface area contributed by atoms with Gasteiger partial charge in [0.1, 0.15) is 5.82 Å². The second kappa shape index (κ2) is 10.4. The van der Waals surface area contributed by atoms with E-state index in [9.17, 15) is 24.8 Å². The number of nitro groups is 1. The maximum Gasteiger partial charge on any atom is 0.337 e. The van der Waals surface area contributed by atoms with Crippen LogP contribution in [-0.2, 0) is 19.5 Å². The molecule has 0 spiro atoms. The van der Waals surface area contributed by atoms with Crippen LogP contribution in [-0.4, -0.2) is 36.6 Å². The molecule has 33 heavy (non-hydrogen) atoms. The summed E-state index contributed by atoms with van der Waals surface area (Å²) in [5, 5.41) is 32.7. The van der Waals surface area contributed by atoms with Gasteiger partial charge in [0.25, 0.3) is 5.69 Å². The highest BCUT2D eigenvalue weighted by atomic mass is 16.6. The van der Waals surface area contributed by atoms with Crippen LogP contribution in [0.5, 0.6) is 0 Å². The first-order valence-corrected chi connectivity index (χ1v) is 10.4. The quantitative estimate of drug-likeness (QED) is 0.290. The lowest BCUT2D eigenvalue weighted by atomic mass is 10.1. The molecule has 0 radical (unpaired) electrons. The van der Waals surface area contributed by atoms with Gasteiger partial charge in [-0.25, -0.2) is 14.6 Å². The molecule has 3 aromatic rings. The first-order chi connectivity index (χ1) is 15.8. The zero-order valence-electron chi connectivity index (χ0n) is 18.0. The Morgan fingerprint density at radius 3 is 2.45 bits per heavy atom. The molecule has 2 aromatic carbocycles. The van der Waals surface area contributed by atoms with Gasteiger partial charge in [0.15, 0.2) is 0 Å². The number of aromatic carboxylic acids is 2. The minimum absolute atomic E-state index is 0.0675. The molecule has 0 atom stereocenters. The minimum Gasteiger partial charge on any atom is -0.478 e. The SMILES string of the molecule is CCCCc1ncc(CNc2cc([N+](=O)[O-])ccc2C(=O)O)n1Cc1ccc(C(=O)O)cc1. The van der Waals surface area contributed by atoms with Crippen LogP contribution in [0.15, 0.2) is 48.7 Å². The third-order valence-corrected chi connectivity index (χ3v) is 5.22. The van der Waals surface area contributed by atoms with Gasteiger partial charge in [0.2, 0.25) is 0 Å². The summed E-state index contributed by atoms with van der Waals surface area (Å²) in [6.45, 7) is 2.74. The van der Waals surface area contributed by atoms with E-state index in [2.05, 4.69) is 17.2 Å². The molecule has 172 valence electrons. The Kier molecular flexibility index (Phi) is 7.39. The van der Waals surface area contributed by atoms with E-state index in [1.807, 2.05) is 4.57 Å². The third kappa shape index (κ3) is 5.73. The molecule has 0 fully saturated rings. The first kappa shape index (κ1) is 23.5. The molecule has 0 unspecified atom stereocenters. The van der Waals surface area contributed by atoms with Crippen LogP contribution in [0.3, 0.4) is 0 Å². The molecular weight excluding hydrogens is 428 g/mol. The van der Waals surface area contributed by atoms with Crippen LogP contribution in [0.25, 0.3) is 0 Å². The number of anilines is 1. The molecule has 3 rings (SSSR count). The third-order valence-electron chi connectivity index (χ3n) is 5.22. The van der Waals surface area contributed by atoms with Crippen molar-refractivity contribution in [1.82, 2.24) is 9.55 Å². The van der Waals surface area contributed by atoms with Crippen LogP contribution in [0.4, 0.5) is 11.4 Å². The molecule has 0 saturated heterocycles. The monoisotopic (exact) mass is 452 g/mol. The van der Waals surface area contributed by atoms with Crippen LogP contribution in [0, 0.1) is 10.1 Å². The summed E-state index contributed by atoms with van der Waals surface area (Å²) in [6, 6.07) is 10.1. The predicted molar refractivity (Wildman–Crippen MR) is 121 cm³/mol. The van der Waals surface area contributed by atoms with E-state index >= 15 is 0 Å². The van der Waals surface area contributed by atoms with Crippen molar-refractivity contribution in [3.8, 4) is 0 Å². The summed E-state index contributed by atoms with van der Waals surface area (Å²) in [5.41, 5.74) is 1.72. The van der Waals surface area contributed by atoms with Crippen LogP contribution in [0.1, 0.15) is 57.6 Å². The number of carboxylic acid groups (broad SMARTS) is 2. The Labute approximate surface area is 189 Å². The topological polar surface area (TPSA) is 148 Å². The van der Waals surface area contributed by atoms with Crippen molar-refractivity contribution >= 4 is 23.3 Å². The summed E-state index contributed by atoms with van der Waals surface area (Å²) < 4.78 is 2.00. The molecule has 10 nitrogen and oxygen atoms in total. The van der Waals surface area contributed by atoms with E-state index in [0.29, 0.717) is 6.54 Å². The average molecular weight is 452 g/mol. The number of aryl methyl sites for hydroxylation is 1. The van der Waals surface area contributed by atoms with Gasteiger partial charge in [0.05, 0.1) is 40.2 Å². The summed E-state index contributed by atoms with van der Waals surface area (Å²) in [7, 11) is 0. The van der Waals surface area contributed by atoms with E-state index in [1.165, 1.54) is 12.1 Å². The number of unbranched alkanes of at least 4 members (excludes halogenated alkanes) is 1. The zero-order valence-corrected chi connectivity index (χ0v) is 18.0. The van der Waals surface area contributed by atoms with Gasteiger partial charge in [0, 0.05) is 25.1 Å².